The van der Waals surface area contributed by atoms with Crippen molar-refractivity contribution in [1.29, 1.82) is 0 Å². The highest BCUT2D eigenvalue weighted by atomic mass is 19.3. The molecule has 30 heavy (non-hydrogen) atoms. The molecule has 6 heteroatoms. The number of rotatable bonds is 9. The summed E-state index contributed by atoms with van der Waals surface area (Å²) in [5.74, 6) is -2.34. The van der Waals surface area contributed by atoms with Crippen LogP contribution < -0.4 is 9.47 Å². The molecule has 2 aliphatic rings. The van der Waals surface area contributed by atoms with Crippen molar-refractivity contribution in [1.82, 2.24) is 0 Å². The summed E-state index contributed by atoms with van der Waals surface area (Å²) >= 11 is 0. The fraction of sp³-hybridized carbons (Fsp3) is 0.667. The Bertz CT molecular complexity index is 678. The molecule has 1 aromatic carbocycles. The molecule has 1 aliphatic heterocycles. The second-order valence-electron chi connectivity index (χ2n) is 8.88. The van der Waals surface area contributed by atoms with Crippen LogP contribution >= 0.6 is 0 Å². The molecule has 1 heterocycles. The molecule has 3 rings (SSSR count). The van der Waals surface area contributed by atoms with Gasteiger partial charge in [-0.3, -0.25) is 0 Å². The SMILES string of the molecule is C=CCOc1ccc(OCC(F)(F)CC2CCC(C3CCC(C)CO3)CC2)cc1F. The number of hydrogen-bond donors (Lipinski definition) is 0. The van der Waals surface area contributed by atoms with Crippen LogP contribution in [0.2, 0.25) is 0 Å². The fourth-order valence-corrected chi connectivity index (χ4v) is 4.55. The molecule has 0 radical (unpaired) electrons. The van der Waals surface area contributed by atoms with E-state index in [1.54, 1.807) is 0 Å². The van der Waals surface area contributed by atoms with Gasteiger partial charge < -0.3 is 14.2 Å². The van der Waals surface area contributed by atoms with Crippen molar-refractivity contribution < 1.29 is 27.4 Å². The monoisotopic (exact) mass is 426 g/mol. The van der Waals surface area contributed by atoms with E-state index < -0.39 is 18.3 Å². The average Bonchev–Trinajstić information content (AvgIpc) is 2.73. The Hall–Kier alpha value is -1.69. The van der Waals surface area contributed by atoms with Gasteiger partial charge in [0.2, 0.25) is 0 Å². The van der Waals surface area contributed by atoms with Crippen LogP contribution in [-0.2, 0) is 4.74 Å². The van der Waals surface area contributed by atoms with E-state index in [0.717, 1.165) is 44.8 Å². The molecular weight excluding hydrogens is 393 g/mol. The zero-order valence-corrected chi connectivity index (χ0v) is 17.8. The molecule has 1 saturated carbocycles. The third-order valence-corrected chi connectivity index (χ3v) is 6.25. The maximum absolute atomic E-state index is 14.5. The third-order valence-electron chi connectivity index (χ3n) is 6.25. The molecule has 168 valence electrons. The minimum Gasteiger partial charge on any atom is -0.487 e. The number of benzene rings is 1. The Labute approximate surface area is 177 Å². The van der Waals surface area contributed by atoms with Crippen molar-refractivity contribution in [2.45, 2.75) is 63.9 Å². The Kier molecular flexibility index (Phi) is 8.09. The summed E-state index contributed by atoms with van der Waals surface area (Å²) in [6.07, 6.45) is 7.43. The first-order valence-electron chi connectivity index (χ1n) is 11.0. The quantitative estimate of drug-likeness (QED) is 0.427. The van der Waals surface area contributed by atoms with Crippen molar-refractivity contribution in [3.8, 4) is 11.5 Å². The van der Waals surface area contributed by atoms with Crippen LogP contribution in [-0.4, -0.2) is 31.8 Å². The van der Waals surface area contributed by atoms with Crippen LogP contribution in [0.1, 0.15) is 51.9 Å². The first kappa shape index (κ1) is 23.0. The summed E-state index contributed by atoms with van der Waals surface area (Å²) in [6.45, 7) is 5.95. The lowest BCUT2D eigenvalue weighted by Crippen LogP contribution is -2.35. The normalized spacial score (nSPS) is 27.5. The lowest BCUT2D eigenvalue weighted by atomic mass is 9.75. The molecule has 0 amide bonds. The molecule has 2 fully saturated rings. The van der Waals surface area contributed by atoms with Gasteiger partial charge >= 0.3 is 0 Å². The first-order valence-corrected chi connectivity index (χ1v) is 11.0. The van der Waals surface area contributed by atoms with Gasteiger partial charge in [-0.25, -0.2) is 13.2 Å². The zero-order chi connectivity index (χ0) is 21.6. The first-order chi connectivity index (χ1) is 14.4. The van der Waals surface area contributed by atoms with Gasteiger partial charge in [0.05, 0.1) is 6.10 Å². The molecule has 0 N–H and O–H groups in total. The summed E-state index contributed by atoms with van der Waals surface area (Å²) in [5.41, 5.74) is 0. The Morgan fingerprint density at radius 1 is 1.13 bits per heavy atom. The van der Waals surface area contributed by atoms with Gasteiger partial charge in [-0.1, -0.05) is 19.6 Å². The highest BCUT2D eigenvalue weighted by Gasteiger charge is 2.37. The summed E-state index contributed by atoms with van der Waals surface area (Å²) in [5, 5.41) is 0. The Balaban J connectivity index is 1.42. The van der Waals surface area contributed by atoms with Gasteiger partial charge in [-0.15, -0.1) is 0 Å². The van der Waals surface area contributed by atoms with Crippen molar-refractivity contribution in [3.63, 3.8) is 0 Å². The Morgan fingerprint density at radius 3 is 2.53 bits per heavy atom. The van der Waals surface area contributed by atoms with Crippen LogP contribution in [0.5, 0.6) is 11.5 Å². The van der Waals surface area contributed by atoms with E-state index in [1.807, 2.05) is 0 Å². The number of alkyl halides is 2. The number of ether oxygens (including phenoxy) is 3. The van der Waals surface area contributed by atoms with Crippen molar-refractivity contribution >= 4 is 0 Å². The predicted octanol–water partition coefficient (Wildman–Crippen LogP) is 6.42. The minimum atomic E-state index is -2.94. The van der Waals surface area contributed by atoms with E-state index in [-0.39, 0.29) is 30.4 Å². The molecule has 1 saturated heterocycles. The summed E-state index contributed by atoms with van der Waals surface area (Å²) in [6, 6.07) is 3.89. The molecule has 1 aliphatic carbocycles. The van der Waals surface area contributed by atoms with Crippen molar-refractivity contribution in [2.75, 3.05) is 19.8 Å². The van der Waals surface area contributed by atoms with E-state index in [9.17, 15) is 13.2 Å². The average molecular weight is 427 g/mol. The largest absolute Gasteiger partial charge is 0.487 e. The van der Waals surface area contributed by atoms with E-state index in [0.29, 0.717) is 17.9 Å². The maximum atomic E-state index is 14.5. The molecule has 1 aromatic rings. The molecule has 0 spiro atoms. The van der Waals surface area contributed by atoms with E-state index in [1.165, 1.54) is 24.6 Å². The maximum Gasteiger partial charge on any atom is 0.281 e. The predicted molar refractivity (Wildman–Crippen MR) is 111 cm³/mol. The van der Waals surface area contributed by atoms with Gasteiger partial charge in [0.1, 0.15) is 12.4 Å². The van der Waals surface area contributed by atoms with E-state index in [4.69, 9.17) is 14.2 Å². The van der Waals surface area contributed by atoms with Crippen LogP contribution in [0.25, 0.3) is 0 Å². The topological polar surface area (TPSA) is 27.7 Å². The summed E-state index contributed by atoms with van der Waals surface area (Å²) < 4.78 is 59.2. The van der Waals surface area contributed by atoms with Gasteiger partial charge in [0.25, 0.3) is 5.92 Å². The summed E-state index contributed by atoms with van der Waals surface area (Å²) in [7, 11) is 0. The third kappa shape index (κ3) is 6.66. The van der Waals surface area contributed by atoms with Gasteiger partial charge in [-0.05, 0) is 68.4 Å². The van der Waals surface area contributed by atoms with Crippen LogP contribution in [0.4, 0.5) is 13.2 Å². The van der Waals surface area contributed by atoms with Gasteiger partial charge in [0, 0.05) is 19.1 Å². The van der Waals surface area contributed by atoms with Crippen LogP contribution in [0, 0.1) is 23.6 Å². The smallest absolute Gasteiger partial charge is 0.281 e. The van der Waals surface area contributed by atoms with Gasteiger partial charge in [0.15, 0.2) is 18.2 Å². The molecule has 2 unspecified atom stereocenters. The lowest BCUT2D eigenvalue weighted by molar-refractivity contribution is -0.0759. The highest BCUT2D eigenvalue weighted by molar-refractivity contribution is 5.33. The summed E-state index contributed by atoms with van der Waals surface area (Å²) in [4.78, 5) is 0. The van der Waals surface area contributed by atoms with Crippen molar-refractivity contribution in [3.05, 3.63) is 36.7 Å². The molecule has 0 bridgehead atoms. The van der Waals surface area contributed by atoms with Gasteiger partial charge in [-0.2, -0.15) is 0 Å². The second-order valence-corrected chi connectivity index (χ2v) is 8.88. The van der Waals surface area contributed by atoms with E-state index in [2.05, 4.69) is 13.5 Å². The molecular formula is C24H33F3O3. The molecule has 3 nitrogen and oxygen atoms in total. The standard InChI is InChI=1S/C24H33F3O3/c1-3-12-28-23-11-9-20(13-21(23)25)30-16-24(26,27)14-18-5-7-19(8-6-18)22-10-4-17(2)15-29-22/h3,9,11,13,17-19,22H,1,4-8,10,12,14-16H2,2H3. The molecule has 2 atom stereocenters. The minimum absolute atomic E-state index is 0.00576. The number of halogens is 3. The highest BCUT2D eigenvalue weighted by Crippen LogP contribution is 2.39. The second kappa shape index (κ2) is 10.6. The lowest BCUT2D eigenvalue weighted by Gasteiger charge is -2.37. The van der Waals surface area contributed by atoms with Crippen molar-refractivity contribution in [2.24, 2.45) is 17.8 Å². The fourth-order valence-electron chi connectivity index (χ4n) is 4.55. The molecule has 0 aromatic heterocycles. The van der Waals surface area contributed by atoms with Crippen LogP contribution in [0.3, 0.4) is 0 Å². The zero-order valence-electron chi connectivity index (χ0n) is 17.8. The number of hydrogen-bond acceptors (Lipinski definition) is 3. The Morgan fingerprint density at radius 2 is 1.90 bits per heavy atom. The van der Waals surface area contributed by atoms with E-state index >= 15 is 0 Å². The van der Waals surface area contributed by atoms with Crippen LogP contribution in [0.15, 0.2) is 30.9 Å².